The van der Waals surface area contributed by atoms with Crippen LogP contribution in [0.5, 0.6) is 0 Å². The number of benzene rings is 2. The summed E-state index contributed by atoms with van der Waals surface area (Å²) in [4.78, 5) is 11.9. The van der Waals surface area contributed by atoms with E-state index in [0.717, 1.165) is 5.56 Å². The molecular formula is C15H14N4OS. The standard InChI is InChI=1S/C15H14N4OS/c16-13(11-7-3-1-4-8-11)18-19-15(21)17-14(20)12-9-5-2-6-10-12/h1-10H,(H2,16,18)(H2,17,19,20,21). The van der Waals surface area contributed by atoms with Gasteiger partial charge in [0.2, 0.25) is 0 Å². The summed E-state index contributed by atoms with van der Waals surface area (Å²) in [5.41, 5.74) is 9.63. The van der Waals surface area contributed by atoms with Crippen molar-refractivity contribution < 1.29 is 4.79 Å². The largest absolute Gasteiger partial charge is 0.382 e. The second kappa shape index (κ2) is 7.16. The van der Waals surface area contributed by atoms with E-state index in [-0.39, 0.29) is 16.9 Å². The lowest BCUT2D eigenvalue weighted by Gasteiger charge is -2.06. The van der Waals surface area contributed by atoms with E-state index >= 15 is 0 Å². The van der Waals surface area contributed by atoms with Crippen LogP contribution in [-0.4, -0.2) is 16.9 Å². The van der Waals surface area contributed by atoms with E-state index < -0.39 is 0 Å². The number of nitrogens with zero attached hydrogens (tertiary/aromatic N) is 1. The fourth-order valence-corrected chi connectivity index (χ4v) is 1.72. The predicted octanol–water partition coefficient (Wildman–Crippen LogP) is 1.61. The Morgan fingerprint density at radius 3 is 2.05 bits per heavy atom. The number of carbonyl (C=O) groups excluding carboxylic acids is 1. The van der Waals surface area contributed by atoms with Gasteiger partial charge in [0.25, 0.3) is 5.91 Å². The van der Waals surface area contributed by atoms with E-state index in [2.05, 4.69) is 15.8 Å². The van der Waals surface area contributed by atoms with Crippen molar-refractivity contribution in [1.82, 2.24) is 10.7 Å². The smallest absolute Gasteiger partial charge is 0.257 e. The van der Waals surface area contributed by atoms with Crippen LogP contribution in [0.1, 0.15) is 15.9 Å². The van der Waals surface area contributed by atoms with E-state index in [1.807, 2.05) is 36.4 Å². The van der Waals surface area contributed by atoms with Crippen LogP contribution in [0.4, 0.5) is 0 Å². The van der Waals surface area contributed by atoms with Crippen LogP contribution in [0, 0.1) is 0 Å². The molecule has 0 aromatic heterocycles. The first kappa shape index (κ1) is 14.7. The summed E-state index contributed by atoms with van der Waals surface area (Å²) in [6.07, 6.45) is 0. The first-order valence-corrected chi connectivity index (χ1v) is 6.62. The highest BCUT2D eigenvalue weighted by Crippen LogP contribution is 1.98. The van der Waals surface area contributed by atoms with E-state index in [1.54, 1.807) is 24.3 Å². The van der Waals surface area contributed by atoms with Gasteiger partial charge < -0.3 is 5.73 Å². The highest BCUT2D eigenvalue weighted by atomic mass is 32.1. The van der Waals surface area contributed by atoms with E-state index in [0.29, 0.717) is 5.56 Å². The Kier molecular flexibility index (Phi) is 5.00. The molecule has 5 nitrogen and oxygen atoms in total. The molecule has 0 fully saturated rings. The number of thiocarbonyl (C=S) groups is 1. The van der Waals surface area contributed by atoms with Crippen molar-refractivity contribution in [3.05, 3.63) is 71.8 Å². The third-order valence-corrected chi connectivity index (χ3v) is 2.80. The lowest BCUT2D eigenvalue weighted by molar-refractivity contribution is 0.0976. The Morgan fingerprint density at radius 1 is 0.952 bits per heavy atom. The normalized spacial score (nSPS) is 10.8. The molecule has 0 heterocycles. The van der Waals surface area contributed by atoms with Crippen LogP contribution in [-0.2, 0) is 0 Å². The number of hydrogen-bond donors (Lipinski definition) is 3. The summed E-state index contributed by atoms with van der Waals surface area (Å²) in [6.45, 7) is 0. The molecule has 106 valence electrons. The number of nitrogens with one attached hydrogen (secondary N) is 2. The maximum absolute atomic E-state index is 11.9. The van der Waals surface area contributed by atoms with Crippen LogP contribution in [0.2, 0.25) is 0 Å². The summed E-state index contributed by atoms with van der Waals surface area (Å²) in [6, 6.07) is 18.0. The van der Waals surface area contributed by atoms with E-state index in [4.69, 9.17) is 18.0 Å². The number of amides is 1. The van der Waals surface area contributed by atoms with Crippen LogP contribution in [0.3, 0.4) is 0 Å². The average Bonchev–Trinajstić information content (AvgIpc) is 2.54. The Labute approximate surface area is 127 Å². The Hall–Kier alpha value is -2.73. The van der Waals surface area contributed by atoms with Gasteiger partial charge in [-0.25, -0.2) is 0 Å². The van der Waals surface area contributed by atoms with Gasteiger partial charge >= 0.3 is 0 Å². The van der Waals surface area contributed by atoms with Gasteiger partial charge in [-0.1, -0.05) is 48.5 Å². The molecule has 2 aromatic rings. The van der Waals surface area contributed by atoms with Gasteiger partial charge in [-0.05, 0) is 24.4 Å². The fraction of sp³-hybridized carbons (Fsp3) is 0. The highest BCUT2D eigenvalue weighted by Gasteiger charge is 2.06. The first-order chi connectivity index (χ1) is 10.2. The molecule has 0 saturated carbocycles. The molecule has 6 heteroatoms. The van der Waals surface area contributed by atoms with Crippen molar-refractivity contribution in [2.75, 3.05) is 0 Å². The molecule has 21 heavy (non-hydrogen) atoms. The zero-order valence-electron chi connectivity index (χ0n) is 11.1. The topological polar surface area (TPSA) is 79.5 Å². The van der Waals surface area contributed by atoms with Gasteiger partial charge in [0.15, 0.2) is 10.9 Å². The number of carbonyl (C=O) groups is 1. The quantitative estimate of drug-likeness (QED) is 0.348. The monoisotopic (exact) mass is 298 g/mol. The lowest BCUT2D eigenvalue weighted by atomic mass is 10.2. The molecule has 1 amide bonds. The van der Waals surface area contributed by atoms with E-state index in [9.17, 15) is 4.79 Å². The van der Waals surface area contributed by atoms with Gasteiger partial charge in [0.05, 0.1) is 0 Å². The zero-order chi connectivity index (χ0) is 15.1. The molecule has 2 aromatic carbocycles. The molecule has 4 N–H and O–H groups in total. The fourth-order valence-electron chi connectivity index (χ4n) is 1.58. The highest BCUT2D eigenvalue weighted by molar-refractivity contribution is 7.80. The lowest BCUT2D eigenvalue weighted by Crippen LogP contribution is -2.37. The van der Waals surface area contributed by atoms with Gasteiger partial charge in [-0.2, -0.15) is 5.10 Å². The Bertz CT molecular complexity index is 656. The molecule has 0 spiro atoms. The second-order valence-electron chi connectivity index (χ2n) is 4.12. The zero-order valence-corrected chi connectivity index (χ0v) is 11.9. The molecule has 2 rings (SSSR count). The molecular weight excluding hydrogens is 284 g/mol. The van der Waals surface area contributed by atoms with Crippen molar-refractivity contribution in [2.24, 2.45) is 10.8 Å². The van der Waals surface area contributed by atoms with Crippen molar-refractivity contribution in [3.63, 3.8) is 0 Å². The predicted molar refractivity (Wildman–Crippen MR) is 86.8 cm³/mol. The van der Waals surface area contributed by atoms with Crippen LogP contribution in [0.15, 0.2) is 65.8 Å². The maximum Gasteiger partial charge on any atom is 0.257 e. The third kappa shape index (κ3) is 4.39. The minimum absolute atomic E-state index is 0.0859. The second-order valence-corrected chi connectivity index (χ2v) is 4.53. The van der Waals surface area contributed by atoms with Crippen molar-refractivity contribution in [1.29, 1.82) is 0 Å². The number of rotatable bonds is 3. The summed E-state index contributed by atoms with van der Waals surface area (Å²) < 4.78 is 0. The summed E-state index contributed by atoms with van der Waals surface area (Å²) in [7, 11) is 0. The minimum Gasteiger partial charge on any atom is -0.382 e. The van der Waals surface area contributed by atoms with Crippen LogP contribution >= 0.6 is 12.2 Å². The van der Waals surface area contributed by atoms with Gasteiger partial charge in [-0.3, -0.25) is 15.5 Å². The van der Waals surface area contributed by atoms with Crippen LogP contribution in [0.25, 0.3) is 0 Å². The number of hydrazone groups is 1. The van der Waals surface area contributed by atoms with E-state index in [1.165, 1.54) is 0 Å². The molecule has 0 bridgehead atoms. The number of nitrogens with two attached hydrogens (primary N) is 1. The third-order valence-electron chi connectivity index (χ3n) is 2.61. The van der Waals surface area contributed by atoms with Gasteiger partial charge in [0, 0.05) is 11.1 Å². The summed E-state index contributed by atoms with van der Waals surface area (Å²) >= 11 is 4.99. The molecule has 0 unspecified atom stereocenters. The number of hydrogen-bond acceptors (Lipinski definition) is 3. The van der Waals surface area contributed by atoms with Crippen molar-refractivity contribution >= 4 is 29.1 Å². The van der Waals surface area contributed by atoms with Gasteiger partial charge in [-0.15, -0.1) is 0 Å². The Morgan fingerprint density at radius 2 is 1.48 bits per heavy atom. The SMILES string of the molecule is N/C(=N\NC(=S)NC(=O)c1ccccc1)c1ccccc1. The van der Waals surface area contributed by atoms with Gasteiger partial charge in [0.1, 0.15) is 0 Å². The summed E-state index contributed by atoms with van der Waals surface area (Å²) in [5.74, 6) is -0.0199. The van der Waals surface area contributed by atoms with Crippen LogP contribution < -0.4 is 16.5 Å². The van der Waals surface area contributed by atoms with Crippen molar-refractivity contribution in [2.45, 2.75) is 0 Å². The molecule has 0 aliphatic rings. The number of amidine groups is 1. The minimum atomic E-state index is -0.304. The molecule has 0 saturated heterocycles. The maximum atomic E-state index is 11.9. The molecule has 0 aliphatic carbocycles. The first-order valence-electron chi connectivity index (χ1n) is 6.22. The summed E-state index contributed by atoms with van der Waals surface area (Å²) in [5, 5.41) is 6.54. The Balaban J connectivity index is 1.92. The molecule has 0 atom stereocenters. The average molecular weight is 298 g/mol. The molecule has 0 aliphatic heterocycles. The molecule has 0 radical (unpaired) electrons. The van der Waals surface area contributed by atoms with Crippen molar-refractivity contribution in [3.8, 4) is 0 Å².